The van der Waals surface area contributed by atoms with Gasteiger partial charge in [-0.3, -0.25) is 4.98 Å². The van der Waals surface area contributed by atoms with Crippen molar-refractivity contribution in [3.63, 3.8) is 0 Å². The van der Waals surface area contributed by atoms with Crippen LogP contribution in [0.2, 0.25) is 5.02 Å². The number of pyridine rings is 1. The van der Waals surface area contributed by atoms with E-state index < -0.39 is 0 Å². The third-order valence-corrected chi connectivity index (χ3v) is 3.33. The van der Waals surface area contributed by atoms with Gasteiger partial charge in [0.15, 0.2) is 0 Å². The second-order valence-corrected chi connectivity index (χ2v) is 5.58. The lowest BCUT2D eigenvalue weighted by Gasteiger charge is -2.14. The maximum Gasteiger partial charge on any atom is 0.130 e. The SMILES string of the molecule is CC(N)c1cc(Cl)ccc1OCc1ccc(Br)cn1. The van der Waals surface area contributed by atoms with Gasteiger partial charge in [-0.15, -0.1) is 0 Å². The molecule has 100 valence electrons. The molecular weight excluding hydrogens is 328 g/mol. The number of halogens is 2. The zero-order valence-electron chi connectivity index (χ0n) is 10.4. The number of nitrogens with zero attached hydrogens (tertiary/aromatic N) is 1. The van der Waals surface area contributed by atoms with Crippen molar-refractivity contribution in [3.05, 3.63) is 57.3 Å². The largest absolute Gasteiger partial charge is 0.487 e. The fraction of sp³-hybridized carbons (Fsp3) is 0.214. The molecule has 2 aromatic rings. The molecule has 1 aromatic carbocycles. The first-order valence-electron chi connectivity index (χ1n) is 5.84. The third-order valence-electron chi connectivity index (χ3n) is 2.63. The molecule has 0 aliphatic carbocycles. The van der Waals surface area contributed by atoms with Crippen molar-refractivity contribution in [1.29, 1.82) is 0 Å². The highest BCUT2D eigenvalue weighted by molar-refractivity contribution is 9.10. The average Bonchev–Trinajstić information content (AvgIpc) is 2.39. The highest BCUT2D eigenvalue weighted by Gasteiger charge is 2.09. The van der Waals surface area contributed by atoms with Gasteiger partial charge in [0.05, 0.1) is 5.69 Å². The smallest absolute Gasteiger partial charge is 0.130 e. The quantitative estimate of drug-likeness (QED) is 0.911. The van der Waals surface area contributed by atoms with E-state index in [1.54, 1.807) is 12.3 Å². The molecule has 0 aliphatic heterocycles. The number of nitrogens with two attached hydrogens (primary N) is 1. The number of ether oxygens (including phenoxy) is 1. The molecule has 2 rings (SSSR count). The van der Waals surface area contributed by atoms with E-state index in [1.807, 2.05) is 31.2 Å². The summed E-state index contributed by atoms with van der Waals surface area (Å²) in [5.74, 6) is 0.740. The minimum Gasteiger partial charge on any atom is -0.487 e. The van der Waals surface area contributed by atoms with Crippen molar-refractivity contribution in [1.82, 2.24) is 4.98 Å². The van der Waals surface area contributed by atoms with Crippen molar-refractivity contribution in [2.45, 2.75) is 19.6 Å². The molecule has 0 amide bonds. The van der Waals surface area contributed by atoms with Gasteiger partial charge >= 0.3 is 0 Å². The molecular formula is C14H14BrClN2O. The minimum atomic E-state index is -0.133. The van der Waals surface area contributed by atoms with Crippen LogP contribution in [0.3, 0.4) is 0 Å². The molecule has 1 unspecified atom stereocenters. The van der Waals surface area contributed by atoms with Gasteiger partial charge in [-0.2, -0.15) is 0 Å². The summed E-state index contributed by atoms with van der Waals surface area (Å²) in [6.45, 7) is 2.30. The number of rotatable bonds is 4. The van der Waals surface area contributed by atoms with Crippen molar-refractivity contribution in [2.75, 3.05) is 0 Å². The zero-order valence-corrected chi connectivity index (χ0v) is 12.8. The first-order valence-corrected chi connectivity index (χ1v) is 7.01. The van der Waals surface area contributed by atoms with E-state index in [4.69, 9.17) is 22.1 Å². The number of hydrogen-bond acceptors (Lipinski definition) is 3. The van der Waals surface area contributed by atoms with E-state index in [0.717, 1.165) is 21.5 Å². The lowest BCUT2D eigenvalue weighted by molar-refractivity contribution is 0.296. The highest BCUT2D eigenvalue weighted by atomic mass is 79.9. The predicted octanol–water partition coefficient (Wildman–Crippen LogP) is 4.10. The lowest BCUT2D eigenvalue weighted by atomic mass is 10.1. The van der Waals surface area contributed by atoms with Crippen molar-refractivity contribution in [2.24, 2.45) is 5.73 Å². The highest BCUT2D eigenvalue weighted by Crippen LogP contribution is 2.27. The van der Waals surface area contributed by atoms with Crippen molar-refractivity contribution < 1.29 is 4.74 Å². The molecule has 19 heavy (non-hydrogen) atoms. The summed E-state index contributed by atoms with van der Waals surface area (Å²) >= 11 is 9.31. The Bertz CT molecular complexity index is 558. The molecule has 0 spiro atoms. The van der Waals surface area contributed by atoms with Gasteiger partial charge in [0.2, 0.25) is 0 Å². The summed E-state index contributed by atoms with van der Waals surface area (Å²) in [6, 6.07) is 9.16. The monoisotopic (exact) mass is 340 g/mol. The molecule has 2 N–H and O–H groups in total. The maximum atomic E-state index is 5.97. The van der Waals surface area contributed by atoms with Gasteiger partial charge < -0.3 is 10.5 Å². The first kappa shape index (κ1) is 14.3. The summed E-state index contributed by atoms with van der Waals surface area (Å²) in [6.07, 6.45) is 1.74. The van der Waals surface area contributed by atoms with Gasteiger partial charge in [0, 0.05) is 27.3 Å². The van der Waals surface area contributed by atoms with E-state index in [-0.39, 0.29) is 6.04 Å². The van der Waals surface area contributed by atoms with Gasteiger partial charge in [-0.05, 0) is 53.2 Å². The molecule has 0 radical (unpaired) electrons. The third kappa shape index (κ3) is 3.93. The normalized spacial score (nSPS) is 12.2. The first-order chi connectivity index (χ1) is 9.06. The van der Waals surface area contributed by atoms with Crippen LogP contribution in [0.25, 0.3) is 0 Å². The van der Waals surface area contributed by atoms with E-state index in [2.05, 4.69) is 20.9 Å². The molecule has 1 aromatic heterocycles. The van der Waals surface area contributed by atoms with E-state index in [0.29, 0.717) is 11.6 Å². The molecule has 1 heterocycles. The zero-order chi connectivity index (χ0) is 13.8. The number of benzene rings is 1. The molecule has 0 saturated carbocycles. The van der Waals surface area contributed by atoms with Crippen LogP contribution < -0.4 is 10.5 Å². The Labute approximate surface area is 125 Å². The van der Waals surface area contributed by atoms with Crippen LogP contribution in [-0.4, -0.2) is 4.98 Å². The Kier molecular flexibility index (Phi) is 4.80. The molecule has 0 saturated heterocycles. The lowest BCUT2D eigenvalue weighted by Crippen LogP contribution is -2.08. The Balaban J connectivity index is 2.13. The number of hydrogen-bond donors (Lipinski definition) is 1. The summed E-state index contributed by atoms with van der Waals surface area (Å²) < 4.78 is 6.71. The van der Waals surface area contributed by atoms with Gasteiger partial charge in [0.1, 0.15) is 12.4 Å². The average molecular weight is 342 g/mol. The second kappa shape index (κ2) is 6.37. The fourth-order valence-corrected chi connectivity index (χ4v) is 2.07. The Morgan fingerprint density at radius 3 is 2.79 bits per heavy atom. The topological polar surface area (TPSA) is 48.1 Å². The van der Waals surface area contributed by atoms with Crippen molar-refractivity contribution >= 4 is 27.5 Å². The van der Waals surface area contributed by atoms with Crippen molar-refractivity contribution in [3.8, 4) is 5.75 Å². The molecule has 0 bridgehead atoms. The van der Waals surface area contributed by atoms with E-state index in [9.17, 15) is 0 Å². The Morgan fingerprint density at radius 2 is 2.16 bits per heavy atom. The summed E-state index contributed by atoms with van der Waals surface area (Å²) in [5.41, 5.74) is 7.66. The minimum absolute atomic E-state index is 0.133. The van der Waals surface area contributed by atoms with Crippen LogP contribution in [0, 0.1) is 0 Å². The maximum absolute atomic E-state index is 5.97. The van der Waals surface area contributed by atoms with Crippen LogP contribution in [0.15, 0.2) is 41.0 Å². The van der Waals surface area contributed by atoms with Crippen LogP contribution in [0.5, 0.6) is 5.75 Å². The molecule has 0 fully saturated rings. The predicted molar refractivity (Wildman–Crippen MR) is 80.3 cm³/mol. The molecule has 1 atom stereocenters. The summed E-state index contributed by atoms with van der Waals surface area (Å²) in [5, 5.41) is 0.654. The van der Waals surface area contributed by atoms with Crippen LogP contribution in [-0.2, 0) is 6.61 Å². The van der Waals surface area contributed by atoms with Gasteiger partial charge in [-0.25, -0.2) is 0 Å². The Hall–Kier alpha value is -1.10. The van der Waals surface area contributed by atoms with Crippen LogP contribution in [0.4, 0.5) is 0 Å². The molecule has 3 nitrogen and oxygen atoms in total. The number of aromatic nitrogens is 1. The Morgan fingerprint density at radius 1 is 1.37 bits per heavy atom. The fourth-order valence-electron chi connectivity index (χ4n) is 1.65. The van der Waals surface area contributed by atoms with E-state index >= 15 is 0 Å². The molecule has 5 heteroatoms. The van der Waals surface area contributed by atoms with E-state index in [1.165, 1.54) is 0 Å². The van der Waals surface area contributed by atoms with Gasteiger partial charge in [-0.1, -0.05) is 11.6 Å². The van der Waals surface area contributed by atoms with Crippen LogP contribution >= 0.6 is 27.5 Å². The van der Waals surface area contributed by atoms with Crippen LogP contribution in [0.1, 0.15) is 24.2 Å². The summed E-state index contributed by atoms with van der Waals surface area (Å²) in [4.78, 5) is 4.26. The standard InChI is InChI=1S/C14H14BrClN2O/c1-9(17)13-6-11(16)3-5-14(13)19-8-12-4-2-10(15)7-18-12/h2-7,9H,8,17H2,1H3. The molecule has 0 aliphatic rings. The van der Waals surface area contributed by atoms with Gasteiger partial charge in [0.25, 0.3) is 0 Å². The second-order valence-electron chi connectivity index (χ2n) is 4.23. The summed E-state index contributed by atoms with van der Waals surface area (Å²) in [7, 11) is 0.